The third-order valence-corrected chi connectivity index (χ3v) is 22.2. The number of anilines is 7. The Morgan fingerprint density at radius 2 is 0.947 bits per heavy atom. The number of esters is 1. The average Bonchev–Trinajstić information content (AvgIpc) is 0.762. The summed E-state index contributed by atoms with van der Waals surface area (Å²) in [5, 5.41) is 38.6. The predicted octanol–water partition coefficient (Wildman–Crippen LogP) is 16.5. The van der Waals surface area contributed by atoms with Crippen LogP contribution in [0.25, 0.3) is 33.8 Å². The summed E-state index contributed by atoms with van der Waals surface area (Å²) in [6, 6.07) is 40.9. The number of benzene rings is 4. The number of pyridine rings is 3. The molecule has 7 N–H and O–H groups in total. The Morgan fingerprint density at radius 1 is 0.531 bits per heavy atom. The van der Waals surface area contributed by atoms with Crippen LogP contribution in [0, 0.1) is 49.9 Å². The monoisotopic (exact) mass is 1510 g/mol. The van der Waals surface area contributed by atoms with Gasteiger partial charge in [-0.1, -0.05) is 37.9 Å². The molecule has 0 spiro atoms. The first kappa shape index (κ1) is 79.5. The Labute approximate surface area is 657 Å². The van der Waals surface area contributed by atoms with E-state index in [0.717, 1.165) is 157 Å². The normalized spacial score (nSPS) is 18.5. The number of aryl methyl sites for hydroxylation is 4. The summed E-state index contributed by atoms with van der Waals surface area (Å²) >= 11 is 0. The number of amides is 3. The SMILES string of the molecule is C=C(C#N)C(O)CCC12CCC(NC(=O)c3ccc(C)c(Nc4nccc(-c5cccnc5)n4)c3)(CC1)CC2.C=C(COc1ccc(NC(=O)c2ccc(C)c(Nc3nccc(-c4cccnc4)n3)c2)cc1C)C(C)=O.C=CC(=O)OCC12CCC(NC(=O)c3ccc(C)c(Nc4nccc(-c5cccnc5)n4)c3)(CC1)CC2. The maximum Gasteiger partial charge on any atom is 0.330 e. The fourth-order valence-corrected chi connectivity index (χ4v) is 14.8. The molecule has 0 aliphatic heterocycles. The molecule has 113 heavy (non-hydrogen) atoms. The van der Waals surface area contributed by atoms with Crippen LogP contribution in [-0.4, -0.2) is 110 Å². The Hall–Kier alpha value is -13.0. The average molecular weight is 1510 g/mol. The second-order valence-corrected chi connectivity index (χ2v) is 29.8. The number of carbonyl (C=O) groups is 5. The third kappa shape index (κ3) is 20.3. The number of nitrogens with zero attached hydrogens (tertiary/aromatic N) is 10. The number of ketones is 1. The topological polar surface area (TPSA) is 336 Å². The predicted molar refractivity (Wildman–Crippen MR) is 435 cm³/mol. The number of aromatic nitrogens is 9. The van der Waals surface area contributed by atoms with E-state index in [4.69, 9.17) is 14.7 Å². The summed E-state index contributed by atoms with van der Waals surface area (Å²) in [7, 11) is 0. The van der Waals surface area contributed by atoms with Crippen LogP contribution in [-0.2, 0) is 14.3 Å². The van der Waals surface area contributed by atoms with E-state index in [1.807, 2.05) is 137 Å². The Balaban J connectivity index is 0.000000157. The van der Waals surface area contributed by atoms with Gasteiger partial charge in [-0.3, -0.25) is 34.1 Å². The van der Waals surface area contributed by atoms with Gasteiger partial charge in [0.2, 0.25) is 17.8 Å². The van der Waals surface area contributed by atoms with E-state index in [1.165, 1.54) is 13.0 Å². The number of rotatable bonds is 26. The van der Waals surface area contributed by atoms with E-state index >= 15 is 0 Å². The molecule has 6 fully saturated rings. The standard InChI is InChI=1S/C31H34N6O2.C29H31N5O3.C29H27N5O3/c1-21-5-6-23(18-26(21)36-29-34-17-8-25(35-29)24-4-3-16-33-20-24)28(39)37-31-13-10-30(11-14-31,12-15-31)9-7-27(38)22(2)19-32;1-3-25(35)37-19-28-9-12-29(13-10-28,14-11-28)34-26(36)21-7-6-20(2)24(17-21)33-27-31-16-8-23(32-27)22-5-4-15-30-18-22;1-18-7-8-22(15-26(18)34-29-31-13-11-25(33-29)23-6-5-12-30-16-23)28(36)32-24-9-10-27(19(2)14-24)37-17-20(3)21(4)35/h3-6,8,16-18,20,27,38H,2,7,9-15H2,1H3,(H,37,39)(H,34,35,36);3-8,15-18H,1,9-14,19H2,2H3,(H,34,36)(H,31,32,33);5-16H,3,17H2,1-2,4H3,(H,32,36)(H,31,33,34). The molecule has 6 aromatic heterocycles. The van der Waals surface area contributed by atoms with Gasteiger partial charge in [0.25, 0.3) is 17.7 Å². The van der Waals surface area contributed by atoms with Crippen LogP contribution in [0.3, 0.4) is 0 Å². The highest BCUT2D eigenvalue weighted by Crippen LogP contribution is 2.55. The highest BCUT2D eigenvalue weighted by atomic mass is 16.5. The number of nitriles is 1. The molecule has 6 aliphatic carbocycles. The summed E-state index contributed by atoms with van der Waals surface area (Å²) in [6.45, 7) is 20.6. The zero-order valence-electron chi connectivity index (χ0n) is 64.2. The number of aliphatic hydroxyl groups is 1. The van der Waals surface area contributed by atoms with Crippen LogP contribution in [0.1, 0.15) is 150 Å². The van der Waals surface area contributed by atoms with Crippen molar-refractivity contribution in [3.8, 4) is 45.6 Å². The molecule has 1 atom stereocenters. The summed E-state index contributed by atoms with van der Waals surface area (Å²) in [5.41, 5.74) is 13.7. The fourth-order valence-electron chi connectivity index (χ4n) is 14.8. The largest absolute Gasteiger partial charge is 0.489 e. The zero-order chi connectivity index (χ0) is 79.7. The first-order chi connectivity index (χ1) is 54.5. The van der Waals surface area contributed by atoms with Gasteiger partial charge in [-0.15, -0.1) is 0 Å². The van der Waals surface area contributed by atoms with Crippen molar-refractivity contribution < 1.29 is 38.6 Å². The number of hydrogen-bond donors (Lipinski definition) is 7. The number of fused-ring (bicyclic) bond motifs is 6. The summed E-state index contributed by atoms with van der Waals surface area (Å²) < 4.78 is 11.0. The van der Waals surface area contributed by atoms with Gasteiger partial charge in [-0.05, 0) is 261 Å². The second-order valence-electron chi connectivity index (χ2n) is 29.8. The Bertz CT molecular complexity index is 5180. The molecule has 6 heterocycles. The van der Waals surface area contributed by atoms with Crippen LogP contribution in [0.15, 0.2) is 220 Å². The summed E-state index contributed by atoms with van der Waals surface area (Å²) in [4.78, 5) is 102. The minimum Gasteiger partial charge on any atom is -0.489 e. The van der Waals surface area contributed by atoms with Gasteiger partial charge in [0.05, 0.1) is 41.4 Å². The lowest BCUT2D eigenvalue weighted by Gasteiger charge is -2.54. The van der Waals surface area contributed by atoms with Crippen LogP contribution >= 0.6 is 0 Å². The molecule has 6 aliphatic rings. The molecule has 6 saturated carbocycles. The molecule has 3 amide bonds. The number of nitrogens with one attached hydrogen (secondary N) is 6. The van der Waals surface area contributed by atoms with Gasteiger partial charge >= 0.3 is 5.97 Å². The molecule has 4 bridgehead atoms. The number of ether oxygens (including phenoxy) is 2. The van der Waals surface area contributed by atoms with Gasteiger partial charge in [-0.2, -0.15) is 5.26 Å². The number of hydrogen-bond acceptors (Lipinski definition) is 21. The quantitative estimate of drug-likeness (QED) is 0.0150. The van der Waals surface area contributed by atoms with E-state index in [9.17, 15) is 29.1 Å². The van der Waals surface area contributed by atoms with E-state index in [2.05, 4.69) is 96.5 Å². The van der Waals surface area contributed by atoms with E-state index in [-0.39, 0.29) is 63.6 Å². The second kappa shape index (κ2) is 35.8. The van der Waals surface area contributed by atoms with Crippen molar-refractivity contribution in [3.05, 3.63) is 259 Å². The fraction of sp³-hybridized carbons (Fsp3) is 0.292. The van der Waals surface area contributed by atoms with Crippen molar-refractivity contribution in [1.82, 2.24) is 55.5 Å². The smallest absolute Gasteiger partial charge is 0.330 e. The minimum absolute atomic E-state index is 0.0243. The first-order valence-electron chi connectivity index (χ1n) is 37.8. The Kier molecular flexibility index (Phi) is 25.2. The van der Waals surface area contributed by atoms with Crippen LogP contribution in [0.2, 0.25) is 0 Å². The number of aliphatic hydroxyl groups excluding tert-OH is 1. The van der Waals surface area contributed by atoms with Crippen LogP contribution in [0.4, 0.5) is 40.6 Å². The van der Waals surface area contributed by atoms with Gasteiger partial charge < -0.3 is 46.5 Å². The lowest BCUT2D eigenvalue weighted by molar-refractivity contribution is -0.144. The third-order valence-electron chi connectivity index (χ3n) is 22.2. The molecular formula is C89H92N16O8. The number of carbonyl (C=O) groups excluding carboxylic acids is 5. The highest BCUT2D eigenvalue weighted by molar-refractivity contribution is 6.05. The molecule has 16 rings (SSSR count). The Morgan fingerprint density at radius 3 is 1.33 bits per heavy atom. The highest BCUT2D eigenvalue weighted by Gasteiger charge is 2.51. The van der Waals surface area contributed by atoms with Crippen molar-refractivity contribution in [2.24, 2.45) is 10.8 Å². The van der Waals surface area contributed by atoms with Crippen molar-refractivity contribution in [3.63, 3.8) is 0 Å². The van der Waals surface area contributed by atoms with Crippen LogP contribution in [0.5, 0.6) is 5.75 Å². The minimum atomic E-state index is -0.759. The molecule has 24 nitrogen and oxygen atoms in total. The maximum absolute atomic E-state index is 13.4. The molecule has 24 heteroatoms. The lowest BCUT2D eigenvalue weighted by Crippen LogP contribution is -2.57. The van der Waals surface area contributed by atoms with E-state index in [0.29, 0.717) is 64.6 Å². The van der Waals surface area contributed by atoms with E-state index in [1.54, 1.807) is 80.0 Å². The van der Waals surface area contributed by atoms with Crippen molar-refractivity contribution in [1.29, 1.82) is 5.26 Å². The molecule has 576 valence electrons. The van der Waals surface area contributed by atoms with Crippen LogP contribution < -0.4 is 36.6 Å². The maximum atomic E-state index is 13.4. The van der Waals surface area contributed by atoms with Crippen molar-refractivity contribution >= 4 is 70.1 Å². The van der Waals surface area contributed by atoms with Crippen molar-refractivity contribution in [2.75, 3.05) is 34.5 Å². The zero-order valence-corrected chi connectivity index (χ0v) is 64.2. The van der Waals surface area contributed by atoms with Gasteiger partial charge in [0, 0.05) is 140 Å². The van der Waals surface area contributed by atoms with Gasteiger partial charge in [0.1, 0.15) is 12.4 Å². The molecule has 0 saturated heterocycles. The van der Waals surface area contributed by atoms with Crippen molar-refractivity contribution in [2.45, 2.75) is 142 Å². The molecule has 0 radical (unpaired) electrons. The van der Waals surface area contributed by atoms with Gasteiger partial charge in [-0.25, -0.2) is 34.7 Å². The number of Topliss-reactive ketones (excluding diaryl/α,β-unsaturated/α-hetero) is 1. The molecular weight excluding hydrogens is 1420 g/mol. The molecule has 1 unspecified atom stereocenters. The lowest BCUT2D eigenvalue weighted by atomic mass is 9.55. The summed E-state index contributed by atoms with van der Waals surface area (Å²) in [6.07, 6.45) is 28.7. The summed E-state index contributed by atoms with van der Waals surface area (Å²) in [5.74, 6) is 1.05. The van der Waals surface area contributed by atoms with Gasteiger partial charge in [0.15, 0.2) is 5.78 Å². The molecule has 10 aromatic rings. The van der Waals surface area contributed by atoms with E-state index < -0.39 is 6.10 Å². The first-order valence-corrected chi connectivity index (χ1v) is 37.8. The molecule has 4 aromatic carbocycles.